The first-order valence-corrected chi connectivity index (χ1v) is 20.4. The molecule has 7 N–H and O–H groups in total. The Morgan fingerprint density at radius 1 is 0.661 bits per heavy atom. The number of carbonyl (C=O) groups excluding carboxylic acids is 7. The number of Topliss-reactive ketones (excluding diaryl/α,β-unsaturated/α-hetero) is 2. The van der Waals surface area contributed by atoms with Crippen LogP contribution in [0.15, 0.2) is 36.4 Å². The maximum absolute atomic E-state index is 12.4. The number of fused-ring (bicyclic) bond motifs is 2. The van der Waals surface area contributed by atoms with Gasteiger partial charge in [-0.05, 0) is 61.8 Å². The van der Waals surface area contributed by atoms with Gasteiger partial charge in [0.05, 0.1) is 18.2 Å². The van der Waals surface area contributed by atoms with Crippen molar-refractivity contribution < 1.29 is 57.7 Å². The van der Waals surface area contributed by atoms with E-state index in [0.29, 0.717) is 40.7 Å². The molecule has 0 aliphatic heterocycles. The fourth-order valence-electron chi connectivity index (χ4n) is 6.08. The third-order valence-corrected chi connectivity index (χ3v) is 11.2. The average molecular weight is 855 g/mol. The number of esters is 1. The molecule has 0 aliphatic rings. The Hall–Kier alpha value is -5.88. The molecule has 4 amide bonds. The first-order chi connectivity index (χ1) is 27.8. The molecular formula is C41H50N4O12S2. The number of ether oxygens (including phenoxy) is 3. The normalized spacial score (nSPS) is 11.9. The summed E-state index contributed by atoms with van der Waals surface area (Å²) >= 11 is 2.72. The number of aliphatic carboxylic acids is 1. The highest BCUT2D eigenvalue weighted by Gasteiger charge is 2.28. The van der Waals surface area contributed by atoms with Crippen molar-refractivity contribution >= 4 is 90.0 Å². The lowest BCUT2D eigenvalue weighted by Crippen LogP contribution is -2.44. The lowest BCUT2D eigenvalue weighted by atomic mass is 10.0. The van der Waals surface area contributed by atoms with E-state index in [-0.39, 0.29) is 41.7 Å². The van der Waals surface area contributed by atoms with E-state index < -0.39 is 65.8 Å². The van der Waals surface area contributed by atoms with Crippen molar-refractivity contribution in [3.05, 3.63) is 57.3 Å². The van der Waals surface area contributed by atoms with E-state index in [1.54, 1.807) is 36.4 Å². The number of rotatable bonds is 20. The molecule has 0 spiro atoms. The number of aryl methyl sites for hydroxylation is 2. The van der Waals surface area contributed by atoms with Gasteiger partial charge in [-0.25, -0.2) is 9.59 Å². The summed E-state index contributed by atoms with van der Waals surface area (Å²) in [6.45, 7) is 10.5. The van der Waals surface area contributed by atoms with Crippen molar-refractivity contribution in [3.63, 3.8) is 0 Å². The van der Waals surface area contributed by atoms with E-state index in [1.807, 2.05) is 41.5 Å². The van der Waals surface area contributed by atoms with Crippen molar-refractivity contribution in [2.24, 2.45) is 23.3 Å². The average Bonchev–Trinajstić information content (AvgIpc) is 3.76. The number of hydrogen-bond donors (Lipinski definition) is 5. The Labute approximate surface area is 348 Å². The van der Waals surface area contributed by atoms with E-state index in [0.717, 1.165) is 14.3 Å². The fourth-order valence-corrected chi connectivity index (χ4v) is 8.39. The SMILES string of the molecule is CCc1sc2cccc(OCC(=O)N[C@@H](CC(C)C)C(=O)O)c2c1C(=O)C(N)=O.CCc1sc2cccc(OCC(=O)N[C@@H](CC(C)C)C(=O)OC)c2c1C(=O)C(N)=O. The van der Waals surface area contributed by atoms with Crippen LogP contribution in [0.2, 0.25) is 0 Å². The number of primary amides is 2. The molecule has 318 valence electrons. The number of carboxylic acid groups (broad SMARTS) is 1. The molecule has 2 atom stereocenters. The number of methoxy groups -OCH3 is 1. The van der Waals surface area contributed by atoms with Crippen LogP contribution in [0.3, 0.4) is 0 Å². The number of amides is 4. The highest BCUT2D eigenvalue weighted by Crippen LogP contribution is 2.39. The summed E-state index contributed by atoms with van der Waals surface area (Å²) in [5.74, 6) is -5.64. The number of nitrogens with two attached hydrogens (primary N) is 2. The van der Waals surface area contributed by atoms with Crippen molar-refractivity contribution in [1.29, 1.82) is 0 Å². The van der Waals surface area contributed by atoms with Crippen LogP contribution in [0, 0.1) is 11.8 Å². The van der Waals surface area contributed by atoms with E-state index in [2.05, 4.69) is 10.6 Å². The van der Waals surface area contributed by atoms with Crippen LogP contribution in [0.25, 0.3) is 20.2 Å². The monoisotopic (exact) mass is 854 g/mol. The molecule has 0 saturated heterocycles. The zero-order chi connectivity index (χ0) is 44.1. The number of ketones is 2. The summed E-state index contributed by atoms with van der Waals surface area (Å²) in [5, 5.41) is 15.2. The number of hydrogen-bond acceptors (Lipinski definition) is 13. The minimum Gasteiger partial charge on any atom is -0.483 e. The van der Waals surface area contributed by atoms with Crippen molar-refractivity contribution in [2.45, 2.75) is 79.3 Å². The molecule has 4 aromatic rings. The standard InChI is InChI=1S/C21H26N2O6S.C20H24N2O6S/c1-5-14-18(19(25)20(22)26)17-13(7-6-8-15(17)30-14)29-10-16(24)23-12(9-11(2)3)21(27)28-4;1-4-13-17(18(24)19(21)25)16-12(6-5-7-14(16)29-13)28-9-15(23)22-11(20(26)27)8-10(2)3/h6-8,11-12H,5,9-10H2,1-4H3,(H2,22,26)(H,23,24);5-7,10-11H,4,8-9H2,1-3H3,(H2,21,25)(H,22,23)(H,26,27)/t12-;11-/m00/s1. The number of nitrogens with one attached hydrogen (secondary N) is 2. The molecule has 18 heteroatoms. The minimum absolute atomic E-state index is 0.0895. The second-order valence-corrected chi connectivity index (χ2v) is 16.4. The maximum atomic E-state index is 12.4. The second kappa shape index (κ2) is 21.8. The molecule has 2 aromatic carbocycles. The molecule has 0 aliphatic carbocycles. The quantitative estimate of drug-likeness (QED) is 0.0473. The highest BCUT2D eigenvalue weighted by atomic mass is 32.1. The third kappa shape index (κ3) is 12.6. The first kappa shape index (κ1) is 47.5. The summed E-state index contributed by atoms with van der Waals surface area (Å²) in [6.07, 6.45) is 1.79. The summed E-state index contributed by atoms with van der Waals surface area (Å²) in [7, 11) is 1.26. The van der Waals surface area contributed by atoms with E-state index >= 15 is 0 Å². The molecule has 0 fully saturated rings. The summed E-state index contributed by atoms with van der Waals surface area (Å²) in [6, 6.07) is 8.45. The number of carboxylic acids is 1. The predicted molar refractivity (Wildman–Crippen MR) is 223 cm³/mol. The summed E-state index contributed by atoms with van der Waals surface area (Å²) < 4.78 is 17.5. The molecule has 16 nitrogen and oxygen atoms in total. The van der Waals surface area contributed by atoms with Gasteiger partial charge < -0.3 is 41.4 Å². The molecule has 4 rings (SSSR count). The predicted octanol–water partition coefficient (Wildman–Crippen LogP) is 4.34. The van der Waals surface area contributed by atoms with Gasteiger partial charge in [-0.15, -0.1) is 22.7 Å². The molecule has 2 heterocycles. The number of thiophene rings is 2. The van der Waals surface area contributed by atoms with Crippen molar-refractivity contribution in [2.75, 3.05) is 20.3 Å². The molecule has 2 aromatic heterocycles. The Balaban J connectivity index is 0.000000316. The van der Waals surface area contributed by atoms with Crippen LogP contribution < -0.4 is 31.6 Å². The van der Waals surface area contributed by atoms with Gasteiger partial charge in [0.2, 0.25) is 0 Å². The fraction of sp³-hybridized carbons (Fsp3) is 0.415. The first-order valence-electron chi connectivity index (χ1n) is 18.8. The number of carbonyl (C=O) groups is 8. The Morgan fingerprint density at radius 3 is 1.39 bits per heavy atom. The van der Waals surface area contributed by atoms with E-state index in [4.69, 9.17) is 25.7 Å². The number of benzene rings is 2. The van der Waals surface area contributed by atoms with Crippen LogP contribution in [0.4, 0.5) is 0 Å². The second-order valence-electron chi connectivity index (χ2n) is 14.1. The van der Waals surface area contributed by atoms with Gasteiger partial charge in [0, 0.05) is 29.9 Å². The molecule has 0 bridgehead atoms. The Bertz CT molecular complexity index is 2230. The Morgan fingerprint density at radius 2 is 1.05 bits per heavy atom. The highest BCUT2D eigenvalue weighted by molar-refractivity contribution is 7.20. The molecular weight excluding hydrogens is 805 g/mol. The topological polar surface area (TPSA) is 261 Å². The van der Waals surface area contributed by atoms with Gasteiger partial charge >= 0.3 is 11.9 Å². The van der Waals surface area contributed by atoms with E-state index in [9.17, 15) is 43.5 Å². The molecule has 0 saturated carbocycles. The lowest BCUT2D eigenvalue weighted by molar-refractivity contribution is -0.145. The molecule has 0 unspecified atom stereocenters. The van der Waals surface area contributed by atoms with Gasteiger partial charge in [-0.2, -0.15) is 0 Å². The van der Waals surface area contributed by atoms with Gasteiger partial charge in [0.1, 0.15) is 23.6 Å². The molecule has 59 heavy (non-hydrogen) atoms. The Kier molecular flexibility index (Phi) is 17.5. The van der Waals surface area contributed by atoms with Crippen molar-refractivity contribution in [3.8, 4) is 11.5 Å². The van der Waals surface area contributed by atoms with Crippen LogP contribution >= 0.6 is 22.7 Å². The maximum Gasteiger partial charge on any atom is 0.328 e. The van der Waals surface area contributed by atoms with Crippen LogP contribution in [-0.4, -0.2) is 84.6 Å². The van der Waals surface area contributed by atoms with Crippen LogP contribution in [0.1, 0.15) is 84.9 Å². The van der Waals surface area contributed by atoms with E-state index in [1.165, 1.54) is 29.8 Å². The van der Waals surface area contributed by atoms with Crippen LogP contribution in [0.5, 0.6) is 11.5 Å². The van der Waals surface area contributed by atoms with Gasteiger partial charge in [0.25, 0.3) is 35.2 Å². The smallest absolute Gasteiger partial charge is 0.328 e. The minimum atomic E-state index is -1.12. The largest absolute Gasteiger partial charge is 0.483 e. The van der Waals surface area contributed by atoms with Crippen molar-refractivity contribution in [1.82, 2.24) is 10.6 Å². The summed E-state index contributed by atoms with van der Waals surface area (Å²) in [5.41, 5.74) is 10.8. The zero-order valence-electron chi connectivity index (χ0n) is 33.9. The van der Waals surface area contributed by atoms with Gasteiger partial charge in [-0.1, -0.05) is 53.7 Å². The summed E-state index contributed by atoms with van der Waals surface area (Å²) in [4.78, 5) is 96.9. The lowest BCUT2D eigenvalue weighted by Gasteiger charge is -2.18. The van der Waals surface area contributed by atoms with Gasteiger partial charge in [-0.3, -0.25) is 28.8 Å². The molecule has 0 radical (unpaired) electrons. The third-order valence-electron chi connectivity index (χ3n) is 8.63. The zero-order valence-corrected chi connectivity index (χ0v) is 35.6. The van der Waals surface area contributed by atoms with Gasteiger partial charge in [0.15, 0.2) is 13.2 Å². The van der Waals surface area contributed by atoms with Crippen LogP contribution in [-0.2, 0) is 46.3 Å².